The largest absolute Gasteiger partial charge is 1.00 e. The second-order valence-corrected chi connectivity index (χ2v) is 13.0. The number of hydrogen-bond acceptors (Lipinski definition) is 5. The molecule has 1 N–H and O–H groups in total. The summed E-state index contributed by atoms with van der Waals surface area (Å²) in [4.78, 5) is 22.9. The summed E-state index contributed by atoms with van der Waals surface area (Å²) in [6.07, 6.45) is -0.604. The molecule has 37 heavy (non-hydrogen) atoms. The number of carbonyl (C=O) groups excluding carboxylic acids is 2. The van der Waals surface area contributed by atoms with Crippen molar-refractivity contribution in [3.63, 3.8) is 0 Å². The minimum atomic E-state index is -4.71. The molecule has 0 aliphatic heterocycles. The predicted octanol–water partition coefficient (Wildman–Crippen LogP) is 2.04. The fourth-order valence-corrected chi connectivity index (χ4v) is 9.35. The van der Waals surface area contributed by atoms with Crippen LogP contribution < -0.4 is 34.7 Å². The standard InChI is InChI=1S/C28H43F3O5.Na/c1-16(17(2)32)20-7-8-21-19-6-5-18-15-27(28(29,30)31,36-24(35)10-9-23(33)34)14-13-25(18,3)22(19)11-12-26(20,21)4;/h16-22,32H,5-15H2,1-4H3,(H,33,34);/q;+1/p-1/t16-,17-,18-,19+,20-,21+,22+,25+,26-,27-;/m1./s1. The quantitative estimate of drug-likeness (QED) is 0.413. The van der Waals surface area contributed by atoms with Gasteiger partial charge >= 0.3 is 41.7 Å². The van der Waals surface area contributed by atoms with Crippen LogP contribution in [0.3, 0.4) is 0 Å². The molecule has 0 saturated heterocycles. The van der Waals surface area contributed by atoms with Crippen LogP contribution in [0.15, 0.2) is 0 Å². The fourth-order valence-electron chi connectivity index (χ4n) is 9.35. The number of hydrogen-bond donors (Lipinski definition) is 1. The minimum Gasteiger partial charge on any atom is -0.550 e. The molecule has 9 heteroatoms. The Morgan fingerprint density at radius 1 is 0.973 bits per heavy atom. The summed E-state index contributed by atoms with van der Waals surface area (Å²) in [6, 6.07) is 0. The maximum atomic E-state index is 14.4. The van der Waals surface area contributed by atoms with Crippen LogP contribution in [0.2, 0.25) is 0 Å². The van der Waals surface area contributed by atoms with Crippen LogP contribution >= 0.6 is 0 Å². The van der Waals surface area contributed by atoms with E-state index in [9.17, 15) is 33.0 Å². The van der Waals surface area contributed by atoms with Crippen molar-refractivity contribution in [1.29, 1.82) is 0 Å². The summed E-state index contributed by atoms with van der Waals surface area (Å²) in [7, 11) is 0. The summed E-state index contributed by atoms with van der Waals surface area (Å²) in [6.45, 7) is 8.58. The molecule has 4 aliphatic carbocycles. The van der Waals surface area contributed by atoms with Crippen LogP contribution in [0.25, 0.3) is 0 Å². The molecular weight excluding hydrogens is 496 g/mol. The van der Waals surface area contributed by atoms with Crippen molar-refractivity contribution in [1.82, 2.24) is 0 Å². The van der Waals surface area contributed by atoms with E-state index < -0.39 is 36.6 Å². The Bertz CT molecular complexity index is 865. The number of carbonyl (C=O) groups is 2. The Labute approximate surface area is 241 Å². The molecule has 4 rings (SSSR count). The summed E-state index contributed by atoms with van der Waals surface area (Å²) < 4.78 is 48.2. The number of rotatable bonds is 6. The normalized spacial score (nSPS) is 42.9. The molecule has 0 amide bonds. The fraction of sp³-hybridized carbons (Fsp3) is 0.929. The van der Waals surface area contributed by atoms with E-state index in [4.69, 9.17) is 4.74 Å². The van der Waals surface area contributed by atoms with E-state index in [1.54, 1.807) is 0 Å². The zero-order valence-corrected chi connectivity index (χ0v) is 25.0. The average molecular weight is 539 g/mol. The number of aliphatic carboxylic acids is 1. The third kappa shape index (κ3) is 5.39. The third-order valence-corrected chi connectivity index (χ3v) is 11.5. The van der Waals surface area contributed by atoms with E-state index in [2.05, 4.69) is 20.8 Å². The van der Waals surface area contributed by atoms with Gasteiger partial charge in [-0.25, -0.2) is 0 Å². The molecule has 0 radical (unpaired) electrons. The predicted molar refractivity (Wildman–Crippen MR) is 125 cm³/mol. The van der Waals surface area contributed by atoms with Crippen LogP contribution in [0, 0.1) is 46.3 Å². The Balaban J connectivity index is 0.00000380. The molecule has 0 aromatic rings. The SMILES string of the molecule is C[C@@H]([C@H]1CC[C@H]2[C@@H]3CC[C@@H]4C[C@@](OC(=O)CCC(=O)[O-])(C(F)(F)F)CC[C@]4(C)[C@H]3CC[C@]12C)[C@@H](C)O.[Na+]. The van der Waals surface area contributed by atoms with Gasteiger partial charge in [0.2, 0.25) is 5.60 Å². The van der Waals surface area contributed by atoms with Gasteiger partial charge in [0, 0.05) is 5.97 Å². The van der Waals surface area contributed by atoms with Crippen LogP contribution in [-0.2, 0) is 14.3 Å². The van der Waals surface area contributed by atoms with Gasteiger partial charge in [0.25, 0.3) is 0 Å². The van der Waals surface area contributed by atoms with Crippen molar-refractivity contribution in [3.8, 4) is 0 Å². The second-order valence-electron chi connectivity index (χ2n) is 13.0. The number of aliphatic hydroxyl groups excluding tert-OH is 1. The van der Waals surface area contributed by atoms with E-state index in [1.165, 1.54) is 0 Å². The maximum absolute atomic E-state index is 14.4. The molecule has 0 aromatic heterocycles. The van der Waals surface area contributed by atoms with Crippen molar-refractivity contribution >= 4 is 11.9 Å². The van der Waals surface area contributed by atoms with Gasteiger partial charge in [-0.05, 0) is 117 Å². The van der Waals surface area contributed by atoms with Crippen molar-refractivity contribution < 1.29 is 67.3 Å². The molecular formula is C28H42F3NaO5. The van der Waals surface area contributed by atoms with Gasteiger partial charge in [-0.3, -0.25) is 4.79 Å². The average Bonchev–Trinajstić information content (AvgIpc) is 3.13. The van der Waals surface area contributed by atoms with Gasteiger partial charge < -0.3 is 19.7 Å². The van der Waals surface area contributed by atoms with E-state index in [0.29, 0.717) is 36.5 Å². The number of carboxylic acids is 1. The topological polar surface area (TPSA) is 86.7 Å². The first-order chi connectivity index (χ1) is 16.6. The Morgan fingerprint density at radius 3 is 2.22 bits per heavy atom. The van der Waals surface area contributed by atoms with Gasteiger partial charge in [-0.2, -0.15) is 13.2 Å². The molecule has 206 valence electrons. The maximum Gasteiger partial charge on any atom is 1.00 e. The number of ether oxygens (including phenoxy) is 1. The Morgan fingerprint density at radius 2 is 1.62 bits per heavy atom. The molecule has 5 nitrogen and oxygen atoms in total. The first-order valence-corrected chi connectivity index (χ1v) is 13.8. The Kier molecular flexibility index (Phi) is 9.22. The molecule has 4 saturated carbocycles. The van der Waals surface area contributed by atoms with Crippen LogP contribution in [0.1, 0.15) is 98.3 Å². The molecule has 10 atom stereocenters. The zero-order chi connectivity index (χ0) is 26.7. The number of alkyl halides is 3. The molecule has 0 aromatic carbocycles. The summed E-state index contributed by atoms with van der Waals surface area (Å²) >= 11 is 0. The van der Waals surface area contributed by atoms with E-state index in [-0.39, 0.29) is 71.2 Å². The molecule has 0 spiro atoms. The number of esters is 1. The van der Waals surface area contributed by atoms with Gasteiger partial charge in [0.15, 0.2) is 0 Å². The number of carboxylic acid groups (broad SMARTS) is 1. The van der Waals surface area contributed by atoms with Crippen LogP contribution in [-0.4, -0.2) is 34.9 Å². The monoisotopic (exact) mass is 538 g/mol. The van der Waals surface area contributed by atoms with Crippen molar-refractivity contribution in [2.75, 3.05) is 0 Å². The van der Waals surface area contributed by atoms with E-state index in [0.717, 1.165) is 32.1 Å². The number of aliphatic hydroxyl groups is 1. The summed E-state index contributed by atoms with van der Waals surface area (Å²) in [5.74, 6) is -0.709. The summed E-state index contributed by atoms with van der Waals surface area (Å²) in [5, 5.41) is 21.0. The summed E-state index contributed by atoms with van der Waals surface area (Å²) in [5.41, 5.74) is -2.61. The van der Waals surface area contributed by atoms with Crippen molar-refractivity contribution in [2.24, 2.45) is 46.3 Å². The third-order valence-electron chi connectivity index (χ3n) is 11.5. The number of fused-ring (bicyclic) bond motifs is 5. The van der Waals surface area contributed by atoms with Gasteiger partial charge in [0.05, 0.1) is 12.5 Å². The van der Waals surface area contributed by atoms with Crippen LogP contribution in [0.4, 0.5) is 13.2 Å². The van der Waals surface area contributed by atoms with E-state index >= 15 is 0 Å². The first kappa shape index (κ1) is 31.2. The van der Waals surface area contributed by atoms with Gasteiger partial charge in [-0.1, -0.05) is 20.8 Å². The minimum absolute atomic E-state index is 0. The Hall–Kier alpha value is -0.310. The molecule has 4 fully saturated rings. The van der Waals surface area contributed by atoms with Crippen molar-refractivity contribution in [3.05, 3.63) is 0 Å². The second kappa shape index (κ2) is 10.9. The van der Waals surface area contributed by atoms with Crippen molar-refractivity contribution in [2.45, 2.75) is 116 Å². The molecule has 0 unspecified atom stereocenters. The molecule has 0 bridgehead atoms. The number of halogens is 3. The van der Waals surface area contributed by atoms with Crippen LogP contribution in [0.5, 0.6) is 0 Å². The smallest absolute Gasteiger partial charge is 0.550 e. The zero-order valence-electron chi connectivity index (χ0n) is 23.0. The van der Waals surface area contributed by atoms with Gasteiger partial charge in [0.1, 0.15) is 0 Å². The van der Waals surface area contributed by atoms with Gasteiger partial charge in [-0.15, -0.1) is 0 Å². The van der Waals surface area contributed by atoms with E-state index in [1.807, 2.05) is 6.92 Å². The molecule has 4 aliphatic rings. The first-order valence-electron chi connectivity index (χ1n) is 13.8. The molecule has 0 heterocycles.